The molecule has 0 amide bonds. The lowest BCUT2D eigenvalue weighted by atomic mass is 10.2. The quantitative estimate of drug-likeness (QED) is 0.644. The molecule has 0 saturated heterocycles. The Hall–Kier alpha value is -1.91. The number of ether oxygens (including phenoxy) is 1. The maximum absolute atomic E-state index is 13.4. The van der Waals surface area contributed by atoms with E-state index < -0.39 is 5.82 Å². The molecule has 3 rings (SSSR count). The zero-order valence-corrected chi connectivity index (χ0v) is 7.74. The van der Waals surface area contributed by atoms with Crippen molar-refractivity contribution in [2.45, 2.75) is 6.54 Å². The summed E-state index contributed by atoms with van der Waals surface area (Å²) >= 11 is 0. The van der Waals surface area contributed by atoms with Gasteiger partial charge in [0.1, 0.15) is 12.1 Å². The van der Waals surface area contributed by atoms with Gasteiger partial charge >= 0.3 is 0 Å². The van der Waals surface area contributed by atoms with Crippen molar-refractivity contribution in [3.05, 3.63) is 34.5 Å². The van der Waals surface area contributed by atoms with Crippen LogP contribution in [0.4, 0.5) is 4.39 Å². The molecular formula is C10H7FN2O2. The summed E-state index contributed by atoms with van der Waals surface area (Å²) in [4.78, 5) is 15.4. The van der Waals surface area contributed by atoms with Crippen LogP contribution >= 0.6 is 0 Å². The third-order valence-corrected chi connectivity index (χ3v) is 2.47. The molecule has 2 aromatic rings. The minimum Gasteiger partial charge on any atom is -0.486 e. The van der Waals surface area contributed by atoms with Crippen LogP contribution in [-0.4, -0.2) is 16.2 Å². The number of hydrogen-bond acceptors (Lipinski definition) is 3. The zero-order chi connectivity index (χ0) is 10.4. The van der Waals surface area contributed by atoms with E-state index in [1.165, 1.54) is 10.6 Å². The van der Waals surface area contributed by atoms with Crippen LogP contribution < -0.4 is 10.3 Å². The van der Waals surface area contributed by atoms with Gasteiger partial charge in [-0.05, 0) is 6.07 Å². The summed E-state index contributed by atoms with van der Waals surface area (Å²) in [6, 6.07) is 3.01. The summed E-state index contributed by atoms with van der Waals surface area (Å²) in [6.07, 6.45) is 1.11. The molecule has 1 aliphatic heterocycles. The molecule has 0 bridgehead atoms. The number of halogens is 1. The monoisotopic (exact) mass is 206 g/mol. The van der Waals surface area contributed by atoms with Crippen LogP contribution in [0, 0.1) is 5.82 Å². The largest absolute Gasteiger partial charge is 0.486 e. The topological polar surface area (TPSA) is 44.1 Å². The van der Waals surface area contributed by atoms with E-state index in [-0.39, 0.29) is 11.3 Å². The number of rotatable bonds is 0. The number of nitrogens with zero attached hydrogens (tertiary/aromatic N) is 2. The van der Waals surface area contributed by atoms with E-state index in [0.29, 0.717) is 24.2 Å². The highest BCUT2D eigenvalue weighted by Crippen LogP contribution is 2.28. The van der Waals surface area contributed by atoms with Crippen LogP contribution in [0.3, 0.4) is 0 Å². The van der Waals surface area contributed by atoms with Crippen molar-refractivity contribution in [3.8, 4) is 5.75 Å². The highest BCUT2D eigenvalue weighted by Gasteiger charge is 2.18. The van der Waals surface area contributed by atoms with Crippen molar-refractivity contribution >= 4 is 11.0 Å². The lowest BCUT2D eigenvalue weighted by molar-refractivity contribution is 0.270. The number of hydrogen-bond donors (Lipinski definition) is 0. The number of aromatic nitrogens is 2. The molecule has 3 heterocycles. The van der Waals surface area contributed by atoms with Crippen LogP contribution in [-0.2, 0) is 6.54 Å². The maximum atomic E-state index is 13.4. The van der Waals surface area contributed by atoms with Crippen molar-refractivity contribution in [3.63, 3.8) is 0 Å². The second kappa shape index (κ2) is 2.79. The second-order valence-electron chi connectivity index (χ2n) is 3.34. The summed E-state index contributed by atoms with van der Waals surface area (Å²) in [6.45, 7) is 0.751. The minimum absolute atomic E-state index is 0.129. The summed E-state index contributed by atoms with van der Waals surface area (Å²) in [5.41, 5.74) is 0.874. The molecule has 76 valence electrons. The lowest BCUT2D eigenvalue weighted by Gasteiger charge is -2.19. The fraction of sp³-hybridized carbons (Fsp3) is 0.200. The average Bonchev–Trinajstić information content (AvgIpc) is 2.27. The van der Waals surface area contributed by atoms with Gasteiger partial charge in [-0.1, -0.05) is 0 Å². The molecule has 15 heavy (non-hydrogen) atoms. The van der Waals surface area contributed by atoms with E-state index in [9.17, 15) is 9.18 Å². The summed E-state index contributed by atoms with van der Waals surface area (Å²) in [7, 11) is 0. The van der Waals surface area contributed by atoms with Gasteiger partial charge in [0, 0.05) is 6.07 Å². The molecule has 0 spiro atoms. The van der Waals surface area contributed by atoms with Gasteiger partial charge in [-0.25, -0.2) is 4.39 Å². The van der Waals surface area contributed by atoms with E-state index >= 15 is 0 Å². The van der Waals surface area contributed by atoms with Crippen molar-refractivity contribution in [1.82, 2.24) is 9.55 Å². The SMILES string of the molecule is O=c1ccc2ncc(F)c3c2n1CCO3. The molecule has 0 saturated carbocycles. The normalized spacial score (nSPS) is 13.9. The standard InChI is InChI=1S/C10H7FN2O2/c11-6-5-12-7-1-2-8(14)13-3-4-15-10(6)9(7)13/h1-2,5H,3-4H2. The van der Waals surface area contributed by atoms with Crippen molar-refractivity contribution in [2.24, 2.45) is 0 Å². The highest BCUT2D eigenvalue weighted by molar-refractivity contribution is 5.81. The van der Waals surface area contributed by atoms with Gasteiger partial charge < -0.3 is 9.30 Å². The van der Waals surface area contributed by atoms with Gasteiger partial charge in [0.15, 0.2) is 11.6 Å². The molecule has 4 nitrogen and oxygen atoms in total. The maximum Gasteiger partial charge on any atom is 0.251 e. The molecule has 1 aliphatic rings. The van der Waals surface area contributed by atoms with E-state index in [2.05, 4.69) is 4.98 Å². The second-order valence-corrected chi connectivity index (χ2v) is 3.34. The Morgan fingerprint density at radius 1 is 1.47 bits per heavy atom. The van der Waals surface area contributed by atoms with Gasteiger partial charge in [-0.15, -0.1) is 0 Å². The Kier molecular flexibility index (Phi) is 1.56. The minimum atomic E-state index is -0.526. The fourth-order valence-electron chi connectivity index (χ4n) is 1.81. The molecule has 0 unspecified atom stereocenters. The van der Waals surface area contributed by atoms with E-state index in [1.807, 2.05) is 0 Å². The van der Waals surface area contributed by atoms with E-state index in [1.54, 1.807) is 6.07 Å². The van der Waals surface area contributed by atoms with Gasteiger partial charge in [0.25, 0.3) is 5.56 Å². The van der Waals surface area contributed by atoms with Crippen molar-refractivity contribution in [1.29, 1.82) is 0 Å². The van der Waals surface area contributed by atoms with E-state index in [0.717, 1.165) is 6.20 Å². The van der Waals surface area contributed by atoms with Gasteiger partial charge in [0.05, 0.1) is 18.3 Å². The fourth-order valence-corrected chi connectivity index (χ4v) is 1.81. The van der Waals surface area contributed by atoms with Crippen LogP contribution in [0.2, 0.25) is 0 Å². The smallest absolute Gasteiger partial charge is 0.251 e. The highest BCUT2D eigenvalue weighted by atomic mass is 19.1. The van der Waals surface area contributed by atoms with Crippen LogP contribution in [0.5, 0.6) is 5.75 Å². The molecule has 2 aromatic heterocycles. The summed E-state index contributed by atoms with van der Waals surface area (Å²) < 4.78 is 20.1. The first kappa shape index (κ1) is 8.40. The van der Waals surface area contributed by atoms with Gasteiger partial charge in [-0.2, -0.15) is 0 Å². The molecule has 0 aliphatic carbocycles. The Bertz CT molecular complexity index is 606. The Labute approximate surface area is 83.9 Å². The first-order valence-corrected chi connectivity index (χ1v) is 4.58. The molecular weight excluding hydrogens is 199 g/mol. The molecule has 0 aromatic carbocycles. The molecule has 0 atom stereocenters. The zero-order valence-electron chi connectivity index (χ0n) is 7.74. The molecule has 5 heteroatoms. The van der Waals surface area contributed by atoms with Gasteiger partial charge in [0.2, 0.25) is 0 Å². The first-order valence-electron chi connectivity index (χ1n) is 4.58. The predicted molar refractivity (Wildman–Crippen MR) is 51.5 cm³/mol. The van der Waals surface area contributed by atoms with Crippen LogP contribution in [0.15, 0.2) is 23.1 Å². The molecule has 0 radical (unpaired) electrons. The Morgan fingerprint density at radius 2 is 2.33 bits per heavy atom. The third kappa shape index (κ3) is 1.06. The average molecular weight is 206 g/mol. The Morgan fingerprint density at radius 3 is 3.20 bits per heavy atom. The van der Waals surface area contributed by atoms with Crippen LogP contribution in [0.1, 0.15) is 0 Å². The van der Waals surface area contributed by atoms with Crippen molar-refractivity contribution in [2.75, 3.05) is 6.61 Å². The summed E-state index contributed by atoms with van der Waals surface area (Å²) in [5, 5.41) is 0. The van der Waals surface area contributed by atoms with Crippen LogP contribution in [0.25, 0.3) is 11.0 Å². The van der Waals surface area contributed by atoms with Crippen molar-refractivity contribution < 1.29 is 9.13 Å². The molecule has 0 N–H and O–H groups in total. The molecule has 0 fully saturated rings. The first-order chi connectivity index (χ1) is 7.27. The third-order valence-electron chi connectivity index (χ3n) is 2.47. The Balaban J connectivity index is 2.57. The predicted octanol–water partition coefficient (Wildman–Crippen LogP) is 0.928. The lowest BCUT2D eigenvalue weighted by Crippen LogP contribution is -2.27. The van der Waals surface area contributed by atoms with Gasteiger partial charge in [-0.3, -0.25) is 9.78 Å². The summed E-state index contributed by atoms with van der Waals surface area (Å²) in [5.74, 6) is -0.398. The van der Waals surface area contributed by atoms with E-state index in [4.69, 9.17) is 4.74 Å². The number of pyridine rings is 2.